The van der Waals surface area contributed by atoms with Crippen LogP contribution in [0.15, 0.2) is 36.7 Å². The van der Waals surface area contributed by atoms with Crippen LogP contribution in [0.2, 0.25) is 0 Å². The van der Waals surface area contributed by atoms with Crippen LogP contribution >= 0.6 is 0 Å². The molecule has 4 nitrogen and oxygen atoms in total. The SMILES string of the molecule is Cc1ccc(C(Cc2cnn(C)c2)NN)cc1. The van der Waals surface area contributed by atoms with Crippen molar-refractivity contribution >= 4 is 0 Å². The van der Waals surface area contributed by atoms with E-state index in [1.54, 1.807) is 4.68 Å². The highest BCUT2D eigenvalue weighted by atomic mass is 15.2. The summed E-state index contributed by atoms with van der Waals surface area (Å²) in [6, 6.07) is 8.54. The third kappa shape index (κ3) is 2.93. The molecule has 1 heterocycles. The molecule has 2 aromatic rings. The summed E-state index contributed by atoms with van der Waals surface area (Å²) in [5.41, 5.74) is 6.49. The van der Waals surface area contributed by atoms with Crippen molar-refractivity contribution in [2.24, 2.45) is 12.9 Å². The van der Waals surface area contributed by atoms with Crippen LogP contribution in [0.1, 0.15) is 22.7 Å². The number of nitrogens with one attached hydrogen (secondary N) is 1. The van der Waals surface area contributed by atoms with Gasteiger partial charge in [0.1, 0.15) is 0 Å². The van der Waals surface area contributed by atoms with Gasteiger partial charge in [0.2, 0.25) is 0 Å². The normalized spacial score (nSPS) is 12.6. The van der Waals surface area contributed by atoms with Crippen molar-refractivity contribution in [3.05, 3.63) is 53.3 Å². The molecule has 0 saturated heterocycles. The first-order chi connectivity index (χ1) is 8.19. The third-order valence-corrected chi connectivity index (χ3v) is 2.88. The topological polar surface area (TPSA) is 55.9 Å². The number of nitrogens with zero attached hydrogens (tertiary/aromatic N) is 2. The zero-order valence-corrected chi connectivity index (χ0v) is 10.2. The molecule has 17 heavy (non-hydrogen) atoms. The Balaban J connectivity index is 2.13. The summed E-state index contributed by atoms with van der Waals surface area (Å²) in [7, 11) is 1.92. The number of nitrogens with two attached hydrogens (primary N) is 1. The molecule has 1 unspecified atom stereocenters. The second kappa shape index (κ2) is 5.12. The highest BCUT2D eigenvalue weighted by Crippen LogP contribution is 2.17. The summed E-state index contributed by atoms with van der Waals surface area (Å²) in [6.45, 7) is 2.08. The van der Waals surface area contributed by atoms with E-state index in [4.69, 9.17) is 5.84 Å². The van der Waals surface area contributed by atoms with Gasteiger partial charge in [0.05, 0.1) is 12.2 Å². The second-order valence-electron chi connectivity index (χ2n) is 4.36. The molecule has 0 spiro atoms. The lowest BCUT2D eigenvalue weighted by atomic mass is 10.0. The average molecular weight is 230 g/mol. The predicted octanol–water partition coefficient (Wildman–Crippen LogP) is 1.48. The van der Waals surface area contributed by atoms with E-state index < -0.39 is 0 Å². The van der Waals surface area contributed by atoms with Crippen molar-refractivity contribution in [3.8, 4) is 0 Å². The van der Waals surface area contributed by atoms with Gasteiger partial charge in [0, 0.05) is 13.2 Å². The number of hydrogen-bond acceptors (Lipinski definition) is 3. The van der Waals surface area contributed by atoms with Gasteiger partial charge in [0.15, 0.2) is 0 Å². The lowest BCUT2D eigenvalue weighted by molar-refractivity contribution is 0.551. The Kier molecular flexibility index (Phi) is 3.56. The Labute approximate surface area is 101 Å². The van der Waals surface area contributed by atoms with Gasteiger partial charge in [-0.25, -0.2) is 0 Å². The Bertz CT molecular complexity index is 472. The average Bonchev–Trinajstić information content (AvgIpc) is 2.73. The van der Waals surface area contributed by atoms with Gasteiger partial charge in [-0.1, -0.05) is 29.8 Å². The van der Waals surface area contributed by atoms with E-state index in [2.05, 4.69) is 41.7 Å². The molecule has 1 atom stereocenters. The van der Waals surface area contributed by atoms with Crippen LogP contribution in [0.4, 0.5) is 0 Å². The minimum absolute atomic E-state index is 0.125. The smallest absolute Gasteiger partial charge is 0.0522 e. The Morgan fingerprint density at radius 2 is 2.06 bits per heavy atom. The van der Waals surface area contributed by atoms with E-state index in [9.17, 15) is 0 Å². The minimum Gasteiger partial charge on any atom is -0.276 e. The fraction of sp³-hybridized carbons (Fsp3) is 0.308. The molecule has 0 saturated carbocycles. The van der Waals surface area contributed by atoms with Crippen molar-refractivity contribution in [1.29, 1.82) is 0 Å². The standard InChI is InChI=1S/C13H18N4/c1-10-3-5-12(6-4-10)13(16-14)7-11-8-15-17(2)9-11/h3-6,8-9,13,16H,7,14H2,1-2H3. The lowest BCUT2D eigenvalue weighted by Crippen LogP contribution is -2.29. The molecular formula is C13H18N4. The molecular weight excluding hydrogens is 212 g/mol. The zero-order chi connectivity index (χ0) is 12.3. The molecule has 1 aromatic heterocycles. The van der Waals surface area contributed by atoms with Gasteiger partial charge >= 0.3 is 0 Å². The van der Waals surface area contributed by atoms with Crippen LogP contribution in [-0.4, -0.2) is 9.78 Å². The molecule has 1 aromatic carbocycles. The summed E-state index contributed by atoms with van der Waals surface area (Å²) >= 11 is 0. The quantitative estimate of drug-likeness (QED) is 0.618. The third-order valence-electron chi connectivity index (χ3n) is 2.88. The number of aromatic nitrogens is 2. The molecule has 0 radical (unpaired) electrons. The molecule has 2 rings (SSSR count). The molecule has 0 fully saturated rings. The Hall–Kier alpha value is -1.65. The molecule has 0 aliphatic rings. The van der Waals surface area contributed by atoms with Gasteiger partial charge in [0.25, 0.3) is 0 Å². The zero-order valence-electron chi connectivity index (χ0n) is 10.2. The maximum Gasteiger partial charge on any atom is 0.0522 e. The van der Waals surface area contributed by atoms with E-state index in [1.165, 1.54) is 16.7 Å². The summed E-state index contributed by atoms with van der Waals surface area (Å²) in [5.74, 6) is 5.62. The van der Waals surface area contributed by atoms with Crippen molar-refractivity contribution < 1.29 is 0 Å². The molecule has 0 aliphatic carbocycles. The molecule has 90 valence electrons. The van der Waals surface area contributed by atoms with Gasteiger partial charge in [-0.3, -0.25) is 16.0 Å². The maximum absolute atomic E-state index is 5.62. The number of rotatable bonds is 4. The van der Waals surface area contributed by atoms with Crippen molar-refractivity contribution in [1.82, 2.24) is 15.2 Å². The fourth-order valence-corrected chi connectivity index (χ4v) is 1.88. The summed E-state index contributed by atoms with van der Waals surface area (Å²) in [6.07, 6.45) is 4.73. The van der Waals surface area contributed by atoms with Gasteiger partial charge in [-0.2, -0.15) is 5.10 Å². The van der Waals surface area contributed by atoms with E-state index in [0.29, 0.717) is 0 Å². The van der Waals surface area contributed by atoms with Crippen LogP contribution in [0.25, 0.3) is 0 Å². The van der Waals surface area contributed by atoms with E-state index in [1.807, 2.05) is 19.4 Å². The van der Waals surface area contributed by atoms with Crippen LogP contribution in [0.5, 0.6) is 0 Å². The van der Waals surface area contributed by atoms with Crippen molar-refractivity contribution in [2.75, 3.05) is 0 Å². The summed E-state index contributed by atoms with van der Waals surface area (Å²) < 4.78 is 1.80. The largest absolute Gasteiger partial charge is 0.276 e. The molecule has 4 heteroatoms. The molecule has 0 aliphatic heterocycles. The van der Waals surface area contributed by atoms with E-state index >= 15 is 0 Å². The van der Waals surface area contributed by atoms with Gasteiger partial charge in [-0.05, 0) is 24.5 Å². The number of hydrogen-bond donors (Lipinski definition) is 2. The fourth-order valence-electron chi connectivity index (χ4n) is 1.88. The first-order valence-electron chi connectivity index (χ1n) is 5.69. The first-order valence-corrected chi connectivity index (χ1v) is 5.69. The maximum atomic E-state index is 5.62. The molecule has 0 bridgehead atoms. The minimum atomic E-state index is 0.125. The number of aryl methyl sites for hydroxylation is 2. The number of hydrazine groups is 1. The summed E-state index contributed by atoms with van der Waals surface area (Å²) in [5, 5.41) is 4.16. The first kappa shape index (κ1) is 11.8. The van der Waals surface area contributed by atoms with E-state index in [-0.39, 0.29) is 6.04 Å². The molecule has 3 N–H and O–H groups in total. The van der Waals surface area contributed by atoms with Crippen LogP contribution < -0.4 is 11.3 Å². The Morgan fingerprint density at radius 3 is 2.59 bits per heavy atom. The lowest BCUT2D eigenvalue weighted by Gasteiger charge is -2.15. The number of benzene rings is 1. The van der Waals surface area contributed by atoms with Crippen molar-refractivity contribution in [2.45, 2.75) is 19.4 Å². The summed E-state index contributed by atoms with van der Waals surface area (Å²) in [4.78, 5) is 0. The van der Waals surface area contributed by atoms with E-state index in [0.717, 1.165) is 6.42 Å². The highest BCUT2D eigenvalue weighted by Gasteiger charge is 2.11. The van der Waals surface area contributed by atoms with Gasteiger partial charge in [-0.15, -0.1) is 0 Å². The predicted molar refractivity (Wildman–Crippen MR) is 68.2 cm³/mol. The highest BCUT2D eigenvalue weighted by molar-refractivity contribution is 5.25. The van der Waals surface area contributed by atoms with Crippen molar-refractivity contribution in [3.63, 3.8) is 0 Å². The van der Waals surface area contributed by atoms with Gasteiger partial charge < -0.3 is 0 Å². The van der Waals surface area contributed by atoms with Crippen LogP contribution in [-0.2, 0) is 13.5 Å². The monoisotopic (exact) mass is 230 g/mol. The second-order valence-corrected chi connectivity index (χ2v) is 4.36. The molecule has 0 amide bonds. The van der Waals surface area contributed by atoms with Crippen LogP contribution in [0, 0.1) is 6.92 Å². The Morgan fingerprint density at radius 1 is 1.35 bits per heavy atom. The van der Waals surface area contributed by atoms with Crippen LogP contribution in [0.3, 0.4) is 0 Å².